The molecule has 5 heteroatoms. The number of aromatic nitrogens is 2. The first-order valence-electron chi connectivity index (χ1n) is 4.85. The maximum absolute atomic E-state index is 11.4. The normalized spacial score (nSPS) is 10.0. The van der Waals surface area contributed by atoms with Crippen molar-refractivity contribution in [2.75, 3.05) is 7.11 Å². The van der Waals surface area contributed by atoms with Gasteiger partial charge in [-0.15, -0.1) is 0 Å². The minimum absolute atomic E-state index is 0.401. The molecular weight excluding hydrogens is 284 g/mol. The van der Waals surface area contributed by atoms with E-state index in [0.29, 0.717) is 5.56 Å². The number of methoxy groups -OCH3 is 1. The maximum atomic E-state index is 11.4. The lowest BCUT2D eigenvalue weighted by Gasteiger charge is -2.03. The fourth-order valence-electron chi connectivity index (χ4n) is 1.40. The van der Waals surface area contributed by atoms with E-state index in [2.05, 4.69) is 30.6 Å². The fourth-order valence-corrected chi connectivity index (χ4v) is 1.76. The molecule has 4 nitrogen and oxygen atoms in total. The second-order valence-corrected chi connectivity index (χ2v) is 4.26. The molecule has 0 unspecified atom stereocenters. The van der Waals surface area contributed by atoms with Crippen LogP contribution in [0.5, 0.6) is 0 Å². The van der Waals surface area contributed by atoms with E-state index >= 15 is 0 Å². The summed E-state index contributed by atoms with van der Waals surface area (Å²) in [5.41, 5.74) is 2.13. The summed E-state index contributed by atoms with van der Waals surface area (Å²) in [6.07, 6.45) is 6.56. The number of ether oxygens (including phenoxy) is 1. The minimum Gasteiger partial charge on any atom is -0.465 e. The third kappa shape index (κ3) is 2.68. The Labute approximate surface area is 107 Å². The molecule has 0 amide bonds. The van der Waals surface area contributed by atoms with Crippen molar-refractivity contribution in [2.24, 2.45) is 0 Å². The molecule has 0 aromatic carbocycles. The Kier molecular flexibility index (Phi) is 3.49. The number of hydrogen-bond acceptors (Lipinski definition) is 4. The standard InChI is InChI=1S/C12H9BrN2O2/c1-17-12(16)10-2-8(4-14-6-10)9-3-11(13)7-15-5-9/h2-7H,1H3. The third-order valence-corrected chi connectivity index (χ3v) is 2.63. The average molecular weight is 293 g/mol. The molecular formula is C12H9BrN2O2. The molecule has 0 fully saturated rings. The summed E-state index contributed by atoms with van der Waals surface area (Å²) in [5.74, 6) is -0.401. The van der Waals surface area contributed by atoms with Gasteiger partial charge in [-0.2, -0.15) is 0 Å². The minimum atomic E-state index is -0.401. The molecule has 0 radical (unpaired) electrons. The average Bonchev–Trinajstić information content (AvgIpc) is 2.38. The zero-order valence-electron chi connectivity index (χ0n) is 9.05. The summed E-state index contributed by atoms with van der Waals surface area (Å²) in [6.45, 7) is 0. The molecule has 0 spiro atoms. The van der Waals surface area contributed by atoms with Gasteiger partial charge in [-0.25, -0.2) is 4.79 Å². The predicted molar refractivity (Wildman–Crippen MR) is 66.5 cm³/mol. The van der Waals surface area contributed by atoms with Crippen LogP contribution in [-0.2, 0) is 4.74 Å². The van der Waals surface area contributed by atoms with E-state index in [0.717, 1.165) is 15.6 Å². The summed E-state index contributed by atoms with van der Waals surface area (Å²) < 4.78 is 5.52. The van der Waals surface area contributed by atoms with Crippen LogP contribution in [0.1, 0.15) is 10.4 Å². The van der Waals surface area contributed by atoms with Crippen molar-refractivity contribution >= 4 is 21.9 Å². The Balaban J connectivity index is 2.43. The number of hydrogen-bond donors (Lipinski definition) is 0. The SMILES string of the molecule is COC(=O)c1cncc(-c2cncc(Br)c2)c1. The molecule has 86 valence electrons. The summed E-state index contributed by atoms with van der Waals surface area (Å²) in [7, 11) is 1.34. The Morgan fingerprint density at radius 1 is 1.12 bits per heavy atom. The van der Waals surface area contributed by atoms with E-state index in [1.807, 2.05) is 6.07 Å². The van der Waals surface area contributed by atoms with E-state index < -0.39 is 5.97 Å². The molecule has 0 atom stereocenters. The first-order valence-corrected chi connectivity index (χ1v) is 5.64. The van der Waals surface area contributed by atoms with Gasteiger partial charge >= 0.3 is 5.97 Å². The topological polar surface area (TPSA) is 52.1 Å². The summed E-state index contributed by atoms with van der Waals surface area (Å²) in [5, 5.41) is 0. The number of pyridine rings is 2. The molecule has 0 aliphatic heterocycles. The summed E-state index contributed by atoms with van der Waals surface area (Å²) >= 11 is 3.35. The Hall–Kier alpha value is -1.75. The number of esters is 1. The first kappa shape index (κ1) is 11.7. The van der Waals surface area contributed by atoms with Crippen LogP contribution >= 0.6 is 15.9 Å². The van der Waals surface area contributed by atoms with Crippen molar-refractivity contribution in [3.63, 3.8) is 0 Å². The molecule has 0 saturated carbocycles. The van der Waals surface area contributed by atoms with Gasteiger partial charge in [-0.1, -0.05) is 0 Å². The van der Waals surface area contributed by atoms with Crippen molar-refractivity contribution in [3.05, 3.63) is 47.0 Å². The van der Waals surface area contributed by atoms with Crippen LogP contribution in [0.25, 0.3) is 11.1 Å². The highest BCUT2D eigenvalue weighted by molar-refractivity contribution is 9.10. The van der Waals surface area contributed by atoms with Gasteiger partial charge in [0, 0.05) is 40.4 Å². The zero-order chi connectivity index (χ0) is 12.3. The number of carbonyl (C=O) groups is 1. The molecule has 0 aliphatic rings. The highest BCUT2D eigenvalue weighted by Crippen LogP contribution is 2.21. The van der Waals surface area contributed by atoms with Gasteiger partial charge in [0.25, 0.3) is 0 Å². The largest absolute Gasteiger partial charge is 0.465 e. The Morgan fingerprint density at radius 2 is 1.76 bits per heavy atom. The highest BCUT2D eigenvalue weighted by atomic mass is 79.9. The maximum Gasteiger partial charge on any atom is 0.339 e. The van der Waals surface area contributed by atoms with Gasteiger partial charge in [-0.3, -0.25) is 9.97 Å². The smallest absolute Gasteiger partial charge is 0.339 e. The number of halogens is 1. The van der Waals surface area contributed by atoms with Crippen LogP contribution < -0.4 is 0 Å². The Morgan fingerprint density at radius 3 is 2.41 bits per heavy atom. The first-order chi connectivity index (χ1) is 8.20. The van der Waals surface area contributed by atoms with E-state index in [1.54, 1.807) is 24.7 Å². The van der Waals surface area contributed by atoms with E-state index in [9.17, 15) is 4.79 Å². The Bertz CT molecular complexity index is 558. The summed E-state index contributed by atoms with van der Waals surface area (Å²) in [6, 6.07) is 3.63. The second kappa shape index (κ2) is 5.05. The van der Waals surface area contributed by atoms with Gasteiger partial charge in [0.2, 0.25) is 0 Å². The van der Waals surface area contributed by atoms with Gasteiger partial charge in [0.15, 0.2) is 0 Å². The monoisotopic (exact) mass is 292 g/mol. The molecule has 0 N–H and O–H groups in total. The predicted octanol–water partition coefficient (Wildman–Crippen LogP) is 2.69. The second-order valence-electron chi connectivity index (χ2n) is 3.35. The van der Waals surface area contributed by atoms with Crippen molar-refractivity contribution in [2.45, 2.75) is 0 Å². The van der Waals surface area contributed by atoms with Gasteiger partial charge in [0.1, 0.15) is 0 Å². The van der Waals surface area contributed by atoms with Crippen LogP contribution in [0.15, 0.2) is 41.4 Å². The van der Waals surface area contributed by atoms with E-state index in [1.165, 1.54) is 13.3 Å². The highest BCUT2D eigenvalue weighted by Gasteiger charge is 2.07. The van der Waals surface area contributed by atoms with Gasteiger partial charge < -0.3 is 4.74 Å². The van der Waals surface area contributed by atoms with E-state index in [4.69, 9.17) is 0 Å². The molecule has 2 aromatic heterocycles. The number of nitrogens with zero attached hydrogens (tertiary/aromatic N) is 2. The van der Waals surface area contributed by atoms with Crippen molar-refractivity contribution in [1.82, 2.24) is 9.97 Å². The lowest BCUT2D eigenvalue weighted by atomic mass is 10.1. The fraction of sp³-hybridized carbons (Fsp3) is 0.0833. The van der Waals surface area contributed by atoms with Crippen LogP contribution in [0.3, 0.4) is 0 Å². The lowest BCUT2D eigenvalue weighted by molar-refractivity contribution is 0.0600. The number of rotatable bonds is 2. The van der Waals surface area contributed by atoms with Crippen LogP contribution in [0, 0.1) is 0 Å². The van der Waals surface area contributed by atoms with Crippen LogP contribution in [-0.4, -0.2) is 23.0 Å². The molecule has 0 bridgehead atoms. The molecule has 2 heterocycles. The van der Waals surface area contributed by atoms with Crippen molar-refractivity contribution in [1.29, 1.82) is 0 Å². The molecule has 0 aliphatic carbocycles. The molecule has 2 rings (SSSR count). The van der Waals surface area contributed by atoms with Gasteiger partial charge in [0.05, 0.1) is 12.7 Å². The number of carbonyl (C=O) groups excluding carboxylic acids is 1. The molecule has 2 aromatic rings. The zero-order valence-corrected chi connectivity index (χ0v) is 10.6. The van der Waals surface area contributed by atoms with Crippen LogP contribution in [0.4, 0.5) is 0 Å². The van der Waals surface area contributed by atoms with E-state index in [-0.39, 0.29) is 0 Å². The lowest BCUT2D eigenvalue weighted by Crippen LogP contribution is -2.01. The van der Waals surface area contributed by atoms with Crippen LogP contribution in [0.2, 0.25) is 0 Å². The third-order valence-electron chi connectivity index (χ3n) is 2.20. The summed E-state index contributed by atoms with van der Waals surface area (Å²) in [4.78, 5) is 19.5. The van der Waals surface area contributed by atoms with Crippen molar-refractivity contribution < 1.29 is 9.53 Å². The molecule has 17 heavy (non-hydrogen) atoms. The quantitative estimate of drug-likeness (QED) is 0.799. The van der Waals surface area contributed by atoms with Gasteiger partial charge in [-0.05, 0) is 28.1 Å². The van der Waals surface area contributed by atoms with Crippen molar-refractivity contribution in [3.8, 4) is 11.1 Å². The molecule has 0 saturated heterocycles.